The molecule has 0 heterocycles. The van der Waals surface area contributed by atoms with Crippen molar-refractivity contribution in [3.63, 3.8) is 0 Å². The molecule has 0 spiro atoms. The van der Waals surface area contributed by atoms with Crippen molar-refractivity contribution < 1.29 is 9.84 Å². The van der Waals surface area contributed by atoms with Gasteiger partial charge in [0.15, 0.2) is 0 Å². The highest BCUT2D eigenvalue weighted by Crippen LogP contribution is 2.32. The van der Waals surface area contributed by atoms with Gasteiger partial charge in [-0.2, -0.15) is 0 Å². The molecule has 18 heavy (non-hydrogen) atoms. The predicted molar refractivity (Wildman–Crippen MR) is 73.0 cm³/mol. The van der Waals surface area contributed by atoms with E-state index in [1.54, 1.807) is 7.11 Å². The van der Waals surface area contributed by atoms with Crippen LogP contribution < -0.4 is 10.1 Å². The van der Waals surface area contributed by atoms with E-state index < -0.39 is 0 Å². The molecule has 0 aliphatic heterocycles. The summed E-state index contributed by atoms with van der Waals surface area (Å²) in [5.41, 5.74) is 2.79. The largest absolute Gasteiger partial charge is 0.497 e. The number of methoxy groups -OCH3 is 1. The molecule has 100 valence electrons. The fourth-order valence-corrected chi connectivity index (χ4v) is 2.71. The van der Waals surface area contributed by atoms with Gasteiger partial charge in [-0.25, -0.2) is 0 Å². The van der Waals surface area contributed by atoms with Crippen LogP contribution in [0.4, 0.5) is 0 Å². The third-order valence-corrected chi connectivity index (χ3v) is 3.71. The number of ether oxygens (including phenoxy) is 1. The van der Waals surface area contributed by atoms with Crippen molar-refractivity contribution >= 4 is 0 Å². The Labute approximate surface area is 109 Å². The average molecular weight is 249 g/mol. The molecular weight excluding hydrogens is 226 g/mol. The zero-order valence-electron chi connectivity index (χ0n) is 11.3. The highest BCUT2D eigenvalue weighted by atomic mass is 16.5. The van der Waals surface area contributed by atoms with Crippen molar-refractivity contribution in [1.82, 2.24) is 5.32 Å². The van der Waals surface area contributed by atoms with Gasteiger partial charge in [0.2, 0.25) is 0 Å². The minimum absolute atomic E-state index is 0.246. The van der Waals surface area contributed by atoms with Gasteiger partial charge in [-0.05, 0) is 55.9 Å². The Bertz CT molecular complexity index is 392. The van der Waals surface area contributed by atoms with E-state index in [0.29, 0.717) is 12.1 Å². The van der Waals surface area contributed by atoms with Crippen LogP contribution in [0.5, 0.6) is 5.75 Å². The van der Waals surface area contributed by atoms with Crippen LogP contribution in [0.25, 0.3) is 0 Å². The molecule has 0 radical (unpaired) electrons. The molecule has 0 saturated carbocycles. The Morgan fingerprint density at radius 1 is 1.50 bits per heavy atom. The van der Waals surface area contributed by atoms with Gasteiger partial charge in [-0.1, -0.05) is 6.07 Å². The standard InChI is InChI=1S/C15H23NO2/c1-11(8-9-17)16-15-5-3-4-12-10-13(18-2)6-7-14(12)15/h6-7,10-11,15-17H,3-5,8-9H2,1-2H3/t11-,15?/m1/s1. The lowest BCUT2D eigenvalue weighted by atomic mass is 9.87. The summed E-state index contributed by atoms with van der Waals surface area (Å²) in [5.74, 6) is 0.942. The zero-order chi connectivity index (χ0) is 13.0. The molecule has 2 atom stereocenters. The quantitative estimate of drug-likeness (QED) is 0.842. The summed E-state index contributed by atoms with van der Waals surface area (Å²) >= 11 is 0. The van der Waals surface area contributed by atoms with Crippen molar-refractivity contribution in [2.45, 2.75) is 44.7 Å². The Balaban J connectivity index is 2.12. The topological polar surface area (TPSA) is 41.5 Å². The smallest absolute Gasteiger partial charge is 0.119 e. The highest BCUT2D eigenvalue weighted by molar-refractivity contribution is 5.39. The SMILES string of the molecule is COc1ccc2c(c1)CCCC2N[C@H](C)CCO. The first-order valence-corrected chi connectivity index (χ1v) is 6.78. The van der Waals surface area contributed by atoms with Gasteiger partial charge in [0, 0.05) is 18.7 Å². The Kier molecular flexibility index (Phi) is 4.61. The molecule has 0 saturated heterocycles. The minimum atomic E-state index is 0.246. The number of hydrogen-bond acceptors (Lipinski definition) is 3. The number of hydrogen-bond donors (Lipinski definition) is 2. The first-order chi connectivity index (χ1) is 8.74. The van der Waals surface area contributed by atoms with E-state index in [1.807, 2.05) is 6.07 Å². The first-order valence-electron chi connectivity index (χ1n) is 6.78. The second-order valence-corrected chi connectivity index (χ2v) is 5.09. The normalized spacial score (nSPS) is 20.3. The molecule has 1 aromatic carbocycles. The number of aryl methyl sites for hydroxylation is 1. The van der Waals surface area contributed by atoms with Crippen LogP contribution in [-0.2, 0) is 6.42 Å². The lowest BCUT2D eigenvalue weighted by Gasteiger charge is -2.29. The van der Waals surface area contributed by atoms with Crippen LogP contribution in [0.15, 0.2) is 18.2 Å². The van der Waals surface area contributed by atoms with Gasteiger partial charge >= 0.3 is 0 Å². The number of aliphatic hydroxyl groups is 1. The third kappa shape index (κ3) is 3.03. The molecule has 0 amide bonds. The lowest BCUT2D eigenvalue weighted by Crippen LogP contribution is -2.33. The second kappa shape index (κ2) is 6.21. The van der Waals surface area contributed by atoms with Gasteiger partial charge in [0.25, 0.3) is 0 Å². The number of rotatable bonds is 5. The Morgan fingerprint density at radius 3 is 3.06 bits per heavy atom. The molecule has 0 aromatic heterocycles. The first kappa shape index (κ1) is 13.4. The molecule has 3 nitrogen and oxygen atoms in total. The van der Waals surface area contributed by atoms with E-state index >= 15 is 0 Å². The van der Waals surface area contributed by atoms with Crippen molar-refractivity contribution in [3.8, 4) is 5.75 Å². The van der Waals surface area contributed by atoms with Crippen molar-refractivity contribution in [1.29, 1.82) is 0 Å². The van der Waals surface area contributed by atoms with Gasteiger partial charge in [-0.15, -0.1) is 0 Å². The number of aliphatic hydroxyl groups excluding tert-OH is 1. The van der Waals surface area contributed by atoms with Crippen molar-refractivity contribution in [2.75, 3.05) is 13.7 Å². The highest BCUT2D eigenvalue weighted by Gasteiger charge is 2.21. The van der Waals surface area contributed by atoms with E-state index in [4.69, 9.17) is 9.84 Å². The second-order valence-electron chi connectivity index (χ2n) is 5.09. The van der Waals surface area contributed by atoms with Gasteiger partial charge in [0.1, 0.15) is 5.75 Å². The number of fused-ring (bicyclic) bond motifs is 1. The van der Waals surface area contributed by atoms with E-state index in [2.05, 4.69) is 24.4 Å². The summed E-state index contributed by atoms with van der Waals surface area (Å²) in [4.78, 5) is 0. The summed E-state index contributed by atoms with van der Waals surface area (Å²) in [7, 11) is 1.71. The maximum Gasteiger partial charge on any atom is 0.119 e. The molecule has 2 rings (SSSR count). The van der Waals surface area contributed by atoms with Crippen LogP contribution in [0.3, 0.4) is 0 Å². The summed E-state index contributed by atoms with van der Waals surface area (Å²) in [5, 5.41) is 12.6. The molecule has 2 N–H and O–H groups in total. The van der Waals surface area contributed by atoms with Gasteiger partial charge < -0.3 is 15.2 Å². The molecule has 1 aliphatic carbocycles. The predicted octanol–water partition coefficient (Wildman–Crippen LogP) is 2.43. The third-order valence-electron chi connectivity index (χ3n) is 3.71. The van der Waals surface area contributed by atoms with E-state index in [1.165, 1.54) is 24.0 Å². The van der Waals surface area contributed by atoms with Crippen LogP contribution in [0.1, 0.15) is 43.4 Å². The molecule has 1 unspecified atom stereocenters. The van der Waals surface area contributed by atoms with Gasteiger partial charge in [0.05, 0.1) is 7.11 Å². The van der Waals surface area contributed by atoms with E-state index in [9.17, 15) is 0 Å². The molecule has 0 fully saturated rings. The van der Waals surface area contributed by atoms with Crippen molar-refractivity contribution in [2.24, 2.45) is 0 Å². The molecular formula is C15H23NO2. The zero-order valence-corrected chi connectivity index (χ0v) is 11.3. The summed E-state index contributed by atoms with van der Waals surface area (Å²) < 4.78 is 5.28. The summed E-state index contributed by atoms with van der Waals surface area (Å²) in [6.07, 6.45) is 4.33. The maximum atomic E-state index is 8.97. The van der Waals surface area contributed by atoms with Crippen LogP contribution in [0, 0.1) is 0 Å². The maximum absolute atomic E-state index is 8.97. The number of nitrogens with one attached hydrogen (secondary N) is 1. The van der Waals surface area contributed by atoms with Crippen LogP contribution in [-0.4, -0.2) is 24.9 Å². The molecule has 3 heteroatoms. The van der Waals surface area contributed by atoms with Crippen LogP contribution >= 0.6 is 0 Å². The fraction of sp³-hybridized carbons (Fsp3) is 0.600. The summed E-state index contributed by atoms with van der Waals surface area (Å²) in [6, 6.07) is 7.14. The van der Waals surface area contributed by atoms with E-state index in [-0.39, 0.29) is 6.61 Å². The Morgan fingerprint density at radius 2 is 2.33 bits per heavy atom. The molecule has 1 aliphatic rings. The van der Waals surface area contributed by atoms with E-state index in [0.717, 1.165) is 18.6 Å². The fourth-order valence-electron chi connectivity index (χ4n) is 2.71. The van der Waals surface area contributed by atoms with Gasteiger partial charge in [-0.3, -0.25) is 0 Å². The monoisotopic (exact) mass is 249 g/mol. The lowest BCUT2D eigenvalue weighted by molar-refractivity contribution is 0.260. The molecule has 1 aromatic rings. The molecule has 0 bridgehead atoms. The average Bonchev–Trinajstić information content (AvgIpc) is 2.38. The minimum Gasteiger partial charge on any atom is -0.497 e. The Hall–Kier alpha value is -1.06. The van der Waals surface area contributed by atoms with Crippen molar-refractivity contribution in [3.05, 3.63) is 29.3 Å². The van der Waals surface area contributed by atoms with Crippen LogP contribution in [0.2, 0.25) is 0 Å². The number of benzene rings is 1. The summed E-state index contributed by atoms with van der Waals surface area (Å²) in [6.45, 7) is 2.38.